The molecule has 6 heteroatoms. The van der Waals surface area contributed by atoms with Crippen molar-refractivity contribution in [3.05, 3.63) is 35.6 Å². The average Bonchev–Trinajstić information content (AvgIpc) is 2.38. The number of rotatable bonds is 7. The van der Waals surface area contributed by atoms with E-state index in [4.69, 9.17) is 10.2 Å². The van der Waals surface area contributed by atoms with Crippen molar-refractivity contribution in [2.45, 2.75) is 25.3 Å². The van der Waals surface area contributed by atoms with Gasteiger partial charge in [-0.05, 0) is 18.1 Å². The summed E-state index contributed by atoms with van der Waals surface area (Å²) < 4.78 is 13.4. The van der Waals surface area contributed by atoms with Gasteiger partial charge in [-0.25, -0.2) is 9.18 Å². The Hall–Kier alpha value is -1.95. The molecule has 0 radical (unpaired) electrons. The maximum absolute atomic E-state index is 13.4. The van der Waals surface area contributed by atoms with Gasteiger partial charge in [-0.2, -0.15) is 0 Å². The molecule has 104 valence electrons. The number of aliphatic carboxylic acids is 1. The Balaban J connectivity index is 2.66. The van der Waals surface area contributed by atoms with Gasteiger partial charge in [0.15, 0.2) is 0 Å². The van der Waals surface area contributed by atoms with Crippen molar-refractivity contribution in [2.24, 2.45) is 0 Å². The maximum Gasteiger partial charge on any atom is 0.326 e. The van der Waals surface area contributed by atoms with Crippen LogP contribution >= 0.6 is 0 Å². The molecule has 19 heavy (non-hydrogen) atoms. The van der Waals surface area contributed by atoms with E-state index in [0.717, 1.165) is 0 Å². The van der Waals surface area contributed by atoms with Crippen LogP contribution in [0.2, 0.25) is 0 Å². The van der Waals surface area contributed by atoms with Gasteiger partial charge in [0.2, 0.25) is 5.91 Å². The van der Waals surface area contributed by atoms with Gasteiger partial charge in [0.05, 0.1) is 0 Å². The van der Waals surface area contributed by atoms with E-state index in [0.29, 0.717) is 0 Å². The van der Waals surface area contributed by atoms with Crippen molar-refractivity contribution in [1.82, 2.24) is 5.32 Å². The number of nitrogens with one attached hydrogen (secondary N) is 1. The topological polar surface area (TPSA) is 86.6 Å². The standard InChI is InChI=1S/C13H16FNO4/c14-10-5-2-1-4-9(10)8-11(13(18)19)15-12(17)6-3-7-16/h1-2,4-5,11,16H,3,6-8H2,(H,15,17)(H,18,19)/t11-/m1/s1. The van der Waals surface area contributed by atoms with E-state index in [1.165, 1.54) is 18.2 Å². The number of aliphatic hydroxyl groups is 1. The fourth-order valence-corrected chi connectivity index (χ4v) is 1.59. The summed E-state index contributed by atoms with van der Waals surface area (Å²) in [6.45, 7) is -0.140. The van der Waals surface area contributed by atoms with Crippen molar-refractivity contribution in [1.29, 1.82) is 0 Å². The third kappa shape index (κ3) is 5.05. The molecule has 5 nitrogen and oxygen atoms in total. The van der Waals surface area contributed by atoms with E-state index in [2.05, 4.69) is 5.32 Å². The molecular weight excluding hydrogens is 253 g/mol. The van der Waals surface area contributed by atoms with E-state index in [-0.39, 0.29) is 31.4 Å². The number of aliphatic hydroxyl groups excluding tert-OH is 1. The Kier molecular flexibility index (Phi) is 5.95. The summed E-state index contributed by atoms with van der Waals surface area (Å²) in [6.07, 6.45) is 0.183. The highest BCUT2D eigenvalue weighted by atomic mass is 19.1. The zero-order chi connectivity index (χ0) is 14.3. The van der Waals surface area contributed by atoms with Crippen LogP contribution in [-0.2, 0) is 16.0 Å². The fourth-order valence-electron chi connectivity index (χ4n) is 1.59. The lowest BCUT2D eigenvalue weighted by Gasteiger charge is -2.14. The Labute approximate surface area is 110 Å². The highest BCUT2D eigenvalue weighted by Crippen LogP contribution is 2.09. The van der Waals surface area contributed by atoms with Crippen LogP contribution in [0.5, 0.6) is 0 Å². The molecule has 0 fully saturated rings. The fraction of sp³-hybridized carbons (Fsp3) is 0.385. The summed E-state index contributed by atoms with van der Waals surface area (Å²) in [5, 5.41) is 19.9. The first-order chi connectivity index (χ1) is 9.04. The molecule has 1 atom stereocenters. The zero-order valence-electron chi connectivity index (χ0n) is 10.3. The highest BCUT2D eigenvalue weighted by Gasteiger charge is 2.21. The number of benzene rings is 1. The second kappa shape index (κ2) is 7.48. The molecule has 1 amide bonds. The van der Waals surface area contributed by atoms with Crippen LogP contribution in [0.4, 0.5) is 4.39 Å². The number of carbonyl (C=O) groups is 2. The normalized spacial score (nSPS) is 11.9. The van der Waals surface area contributed by atoms with Crippen LogP contribution in [0.1, 0.15) is 18.4 Å². The van der Waals surface area contributed by atoms with Crippen molar-refractivity contribution in [3.8, 4) is 0 Å². The number of amides is 1. The Morgan fingerprint density at radius 3 is 2.58 bits per heavy atom. The molecule has 0 unspecified atom stereocenters. The van der Waals surface area contributed by atoms with Gasteiger partial charge in [-0.1, -0.05) is 18.2 Å². The summed E-state index contributed by atoms with van der Waals surface area (Å²) in [5.74, 6) is -2.20. The summed E-state index contributed by atoms with van der Waals surface area (Å²) in [6, 6.07) is 4.65. The Morgan fingerprint density at radius 2 is 2.00 bits per heavy atom. The number of hydrogen-bond donors (Lipinski definition) is 3. The quantitative estimate of drug-likeness (QED) is 0.680. The molecule has 0 aliphatic heterocycles. The first kappa shape index (κ1) is 15.1. The maximum atomic E-state index is 13.4. The summed E-state index contributed by atoms with van der Waals surface area (Å²) in [4.78, 5) is 22.5. The summed E-state index contributed by atoms with van der Waals surface area (Å²) >= 11 is 0. The van der Waals surface area contributed by atoms with Gasteiger partial charge >= 0.3 is 5.97 Å². The number of carboxylic acid groups (broad SMARTS) is 1. The molecular formula is C13H16FNO4. The molecule has 0 aliphatic carbocycles. The van der Waals surface area contributed by atoms with E-state index in [9.17, 15) is 14.0 Å². The number of carboxylic acids is 1. The Morgan fingerprint density at radius 1 is 1.32 bits per heavy atom. The highest BCUT2D eigenvalue weighted by molar-refractivity contribution is 5.83. The van der Waals surface area contributed by atoms with Crippen LogP contribution < -0.4 is 5.32 Å². The van der Waals surface area contributed by atoms with Crippen LogP contribution in [0.3, 0.4) is 0 Å². The third-order valence-corrected chi connectivity index (χ3v) is 2.58. The van der Waals surface area contributed by atoms with E-state index >= 15 is 0 Å². The minimum Gasteiger partial charge on any atom is -0.480 e. The molecule has 0 aliphatic rings. The minimum atomic E-state index is -1.22. The molecule has 1 aromatic rings. The largest absolute Gasteiger partial charge is 0.480 e. The number of carbonyl (C=O) groups excluding carboxylic acids is 1. The molecule has 0 saturated carbocycles. The van der Waals surface area contributed by atoms with Crippen LogP contribution in [0.25, 0.3) is 0 Å². The second-order valence-corrected chi connectivity index (χ2v) is 4.08. The lowest BCUT2D eigenvalue weighted by atomic mass is 10.1. The molecule has 0 heterocycles. The van der Waals surface area contributed by atoms with E-state index in [1.54, 1.807) is 6.07 Å². The van der Waals surface area contributed by atoms with E-state index < -0.39 is 23.7 Å². The lowest BCUT2D eigenvalue weighted by molar-refractivity contribution is -0.141. The van der Waals surface area contributed by atoms with Gasteiger partial charge in [0.25, 0.3) is 0 Å². The summed E-state index contributed by atoms with van der Waals surface area (Å²) in [7, 11) is 0. The smallest absolute Gasteiger partial charge is 0.326 e. The molecule has 0 spiro atoms. The second-order valence-electron chi connectivity index (χ2n) is 4.08. The van der Waals surface area contributed by atoms with Gasteiger partial charge in [0, 0.05) is 19.4 Å². The van der Waals surface area contributed by atoms with Crippen molar-refractivity contribution in [2.75, 3.05) is 6.61 Å². The monoisotopic (exact) mass is 269 g/mol. The van der Waals surface area contributed by atoms with Gasteiger partial charge < -0.3 is 15.5 Å². The van der Waals surface area contributed by atoms with E-state index in [1.807, 2.05) is 0 Å². The predicted molar refractivity (Wildman–Crippen MR) is 66.0 cm³/mol. The first-order valence-electron chi connectivity index (χ1n) is 5.91. The molecule has 0 bridgehead atoms. The predicted octanol–water partition coefficient (Wildman–Crippen LogP) is 0.710. The van der Waals surface area contributed by atoms with Gasteiger partial charge in [0.1, 0.15) is 11.9 Å². The van der Waals surface area contributed by atoms with Crippen molar-refractivity contribution >= 4 is 11.9 Å². The van der Waals surface area contributed by atoms with Crippen LogP contribution in [0.15, 0.2) is 24.3 Å². The molecule has 0 saturated heterocycles. The first-order valence-corrected chi connectivity index (χ1v) is 5.91. The third-order valence-electron chi connectivity index (χ3n) is 2.58. The lowest BCUT2D eigenvalue weighted by Crippen LogP contribution is -2.42. The van der Waals surface area contributed by atoms with Crippen LogP contribution in [-0.4, -0.2) is 34.7 Å². The summed E-state index contributed by atoms with van der Waals surface area (Å²) in [5.41, 5.74) is 0.234. The number of halogens is 1. The average molecular weight is 269 g/mol. The van der Waals surface area contributed by atoms with Gasteiger partial charge in [-0.3, -0.25) is 4.79 Å². The molecule has 1 aromatic carbocycles. The SMILES string of the molecule is O=C(CCCO)N[C@H](Cc1ccccc1F)C(=O)O. The van der Waals surface area contributed by atoms with Crippen molar-refractivity contribution < 1.29 is 24.2 Å². The van der Waals surface area contributed by atoms with Gasteiger partial charge in [-0.15, -0.1) is 0 Å². The van der Waals surface area contributed by atoms with Crippen LogP contribution in [0, 0.1) is 5.82 Å². The van der Waals surface area contributed by atoms with Crippen molar-refractivity contribution in [3.63, 3.8) is 0 Å². The zero-order valence-corrected chi connectivity index (χ0v) is 10.3. The molecule has 0 aromatic heterocycles. The number of hydrogen-bond acceptors (Lipinski definition) is 3. The molecule has 3 N–H and O–H groups in total. The Bertz CT molecular complexity index is 450. The molecule has 1 rings (SSSR count). The minimum absolute atomic E-state index is 0.0392.